The van der Waals surface area contributed by atoms with Crippen LogP contribution in [0.15, 0.2) is 24.3 Å². The average Bonchev–Trinajstić information content (AvgIpc) is 3.21. The summed E-state index contributed by atoms with van der Waals surface area (Å²) in [6.45, 7) is 4.05. The van der Waals surface area contributed by atoms with Crippen molar-refractivity contribution in [2.45, 2.75) is 39.2 Å². The number of hydrogen-bond acceptors (Lipinski definition) is 2. The van der Waals surface area contributed by atoms with Gasteiger partial charge in [-0.15, -0.1) is 0 Å². The van der Waals surface area contributed by atoms with Gasteiger partial charge in [-0.25, -0.2) is 0 Å². The number of carbonyl (C=O) groups excluding carboxylic acids is 1. The lowest BCUT2D eigenvalue weighted by molar-refractivity contribution is 0.1000. The van der Waals surface area contributed by atoms with Crippen LogP contribution >= 0.6 is 0 Å². The van der Waals surface area contributed by atoms with Gasteiger partial charge >= 0.3 is 0 Å². The minimum absolute atomic E-state index is 0.196. The summed E-state index contributed by atoms with van der Waals surface area (Å²) >= 11 is 0. The van der Waals surface area contributed by atoms with Crippen molar-refractivity contribution in [3.63, 3.8) is 0 Å². The summed E-state index contributed by atoms with van der Waals surface area (Å²) in [5, 5.41) is 9.74. The van der Waals surface area contributed by atoms with E-state index in [9.17, 15) is 9.90 Å². The van der Waals surface area contributed by atoms with E-state index in [1.807, 2.05) is 13.0 Å². The average molecular weight is 284 g/mol. The molecule has 0 atom stereocenters. The van der Waals surface area contributed by atoms with Gasteiger partial charge in [0.25, 0.3) is 5.91 Å². The molecule has 0 saturated heterocycles. The van der Waals surface area contributed by atoms with Crippen molar-refractivity contribution in [2.24, 2.45) is 5.73 Å². The van der Waals surface area contributed by atoms with Crippen LogP contribution in [-0.2, 0) is 6.42 Å². The summed E-state index contributed by atoms with van der Waals surface area (Å²) in [5.74, 6) is -0.207. The van der Waals surface area contributed by atoms with Crippen molar-refractivity contribution in [1.82, 2.24) is 4.57 Å². The predicted octanol–water partition coefficient (Wildman–Crippen LogP) is 3.17. The van der Waals surface area contributed by atoms with Crippen LogP contribution in [0.1, 0.15) is 47.6 Å². The molecule has 0 aliphatic heterocycles. The molecule has 1 fully saturated rings. The van der Waals surface area contributed by atoms with Gasteiger partial charge in [-0.3, -0.25) is 4.79 Å². The number of nitrogens with zero attached hydrogens (tertiary/aromatic N) is 1. The zero-order chi connectivity index (χ0) is 15.1. The number of amides is 1. The van der Waals surface area contributed by atoms with Crippen LogP contribution in [0.2, 0.25) is 0 Å². The van der Waals surface area contributed by atoms with E-state index in [0.29, 0.717) is 11.6 Å². The Kier molecular flexibility index (Phi) is 3.24. The molecule has 4 nitrogen and oxygen atoms in total. The summed E-state index contributed by atoms with van der Waals surface area (Å²) < 4.78 is 2.26. The van der Waals surface area contributed by atoms with Gasteiger partial charge in [0.1, 0.15) is 5.75 Å². The van der Waals surface area contributed by atoms with Crippen LogP contribution in [0.4, 0.5) is 0 Å². The molecule has 0 radical (unpaired) electrons. The van der Waals surface area contributed by atoms with Gasteiger partial charge in [-0.2, -0.15) is 0 Å². The molecule has 3 rings (SSSR count). The van der Waals surface area contributed by atoms with Gasteiger partial charge in [0, 0.05) is 23.0 Å². The summed E-state index contributed by atoms with van der Waals surface area (Å²) in [7, 11) is 0. The van der Waals surface area contributed by atoms with Gasteiger partial charge in [0.2, 0.25) is 0 Å². The number of carbonyl (C=O) groups is 1. The number of benzene rings is 1. The lowest BCUT2D eigenvalue weighted by Gasteiger charge is -2.10. The van der Waals surface area contributed by atoms with Crippen LogP contribution in [0.5, 0.6) is 5.75 Å². The van der Waals surface area contributed by atoms with Crippen molar-refractivity contribution >= 4 is 5.91 Å². The summed E-state index contributed by atoms with van der Waals surface area (Å²) in [6, 6.07) is 7.52. The zero-order valence-electron chi connectivity index (χ0n) is 12.4. The highest BCUT2D eigenvalue weighted by atomic mass is 16.3. The number of primary amides is 1. The topological polar surface area (TPSA) is 68.2 Å². The molecule has 1 heterocycles. The van der Waals surface area contributed by atoms with Crippen LogP contribution in [0, 0.1) is 6.92 Å². The van der Waals surface area contributed by atoms with Crippen molar-refractivity contribution in [1.29, 1.82) is 0 Å². The smallest absolute Gasteiger partial charge is 0.251 e. The fourth-order valence-corrected chi connectivity index (χ4v) is 3.22. The molecular formula is C17H20N2O2. The summed E-state index contributed by atoms with van der Waals surface area (Å²) in [4.78, 5) is 12.0. The number of nitrogens with two attached hydrogens (primary N) is 1. The van der Waals surface area contributed by atoms with Crippen molar-refractivity contribution < 1.29 is 9.90 Å². The maximum absolute atomic E-state index is 12.0. The summed E-state index contributed by atoms with van der Waals surface area (Å²) in [6.07, 6.45) is 3.13. The first kappa shape index (κ1) is 13.7. The second kappa shape index (κ2) is 4.95. The monoisotopic (exact) mass is 284 g/mol. The van der Waals surface area contributed by atoms with E-state index in [1.54, 1.807) is 18.2 Å². The Labute approximate surface area is 124 Å². The number of phenols is 1. The molecule has 0 bridgehead atoms. The predicted molar refractivity (Wildman–Crippen MR) is 82.4 cm³/mol. The van der Waals surface area contributed by atoms with E-state index in [-0.39, 0.29) is 5.75 Å². The molecule has 1 amide bonds. The minimum atomic E-state index is -0.403. The van der Waals surface area contributed by atoms with Crippen LogP contribution in [0.3, 0.4) is 0 Å². The van der Waals surface area contributed by atoms with Crippen molar-refractivity contribution in [3.05, 3.63) is 41.2 Å². The van der Waals surface area contributed by atoms with Gasteiger partial charge in [0.15, 0.2) is 0 Å². The first-order chi connectivity index (χ1) is 10.0. The highest BCUT2D eigenvalue weighted by Crippen LogP contribution is 2.43. The Morgan fingerprint density at radius 2 is 2.14 bits per heavy atom. The molecule has 0 unspecified atom stereocenters. The molecule has 21 heavy (non-hydrogen) atoms. The van der Waals surface area contributed by atoms with Crippen molar-refractivity contribution in [3.8, 4) is 16.9 Å². The molecular weight excluding hydrogens is 264 g/mol. The maximum Gasteiger partial charge on any atom is 0.251 e. The van der Waals surface area contributed by atoms with Crippen LogP contribution in [0.25, 0.3) is 11.1 Å². The molecule has 4 heteroatoms. The Bertz CT molecular complexity index is 712. The molecule has 0 spiro atoms. The van der Waals surface area contributed by atoms with E-state index < -0.39 is 5.91 Å². The third-order valence-corrected chi connectivity index (χ3v) is 4.18. The first-order valence-electron chi connectivity index (χ1n) is 7.37. The Balaban J connectivity index is 2.31. The van der Waals surface area contributed by atoms with Crippen molar-refractivity contribution in [2.75, 3.05) is 0 Å². The number of aromatic hydroxyl groups is 1. The zero-order valence-corrected chi connectivity index (χ0v) is 12.4. The van der Waals surface area contributed by atoms with E-state index in [4.69, 9.17) is 5.73 Å². The first-order valence-corrected chi connectivity index (χ1v) is 7.37. The standard InChI is InChI=1S/C17H20N2O2/c1-3-14-16(11-5-4-6-13(20)9-11)15(17(18)21)10(2)19(14)12-7-8-12/h4-6,9,12,20H,3,7-8H2,1-2H3,(H2,18,21). The number of aromatic nitrogens is 1. The number of hydrogen-bond donors (Lipinski definition) is 2. The molecule has 110 valence electrons. The van der Waals surface area contributed by atoms with E-state index in [2.05, 4.69) is 11.5 Å². The molecule has 1 aliphatic carbocycles. The van der Waals surface area contributed by atoms with Gasteiger partial charge < -0.3 is 15.4 Å². The Morgan fingerprint density at radius 3 is 2.67 bits per heavy atom. The van der Waals surface area contributed by atoms with Gasteiger partial charge in [0.05, 0.1) is 5.56 Å². The highest BCUT2D eigenvalue weighted by molar-refractivity contribution is 6.02. The highest BCUT2D eigenvalue weighted by Gasteiger charge is 2.32. The quantitative estimate of drug-likeness (QED) is 0.905. The van der Waals surface area contributed by atoms with E-state index in [0.717, 1.165) is 41.8 Å². The van der Waals surface area contributed by atoms with Gasteiger partial charge in [-0.05, 0) is 43.9 Å². The molecule has 1 aromatic heterocycles. The summed E-state index contributed by atoms with van der Waals surface area (Å²) in [5.41, 5.74) is 10.0. The third kappa shape index (κ3) is 2.20. The molecule has 1 saturated carbocycles. The normalized spacial score (nSPS) is 14.4. The third-order valence-electron chi connectivity index (χ3n) is 4.18. The molecule has 1 aromatic carbocycles. The fourth-order valence-electron chi connectivity index (χ4n) is 3.22. The van der Waals surface area contributed by atoms with E-state index >= 15 is 0 Å². The molecule has 3 N–H and O–H groups in total. The second-order valence-corrected chi connectivity index (χ2v) is 5.65. The maximum atomic E-state index is 12.0. The number of rotatable bonds is 4. The fraction of sp³-hybridized carbons (Fsp3) is 0.353. The lowest BCUT2D eigenvalue weighted by atomic mass is 9.98. The largest absolute Gasteiger partial charge is 0.508 e. The van der Waals surface area contributed by atoms with Crippen LogP contribution < -0.4 is 5.73 Å². The molecule has 2 aromatic rings. The van der Waals surface area contributed by atoms with Crippen LogP contribution in [-0.4, -0.2) is 15.6 Å². The SMILES string of the molecule is CCc1c(-c2cccc(O)c2)c(C(N)=O)c(C)n1C1CC1. The second-order valence-electron chi connectivity index (χ2n) is 5.65. The lowest BCUT2D eigenvalue weighted by Crippen LogP contribution is -2.13. The van der Waals surface area contributed by atoms with E-state index in [1.165, 1.54) is 0 Å². The minimum Gasteiger partial charge on any atom is -0.508 e. The molecule has 1 aliphatic rings. The number of phenolic OH excluding ortho intramolecular Hbond substituents is 1. The Morgan fingerprint density at radius 1 is 1.43 bits per heavy atom. The Hall–Kier alpha value is -2.23. The van der Waals surface area contributed by atoms with Gasteiger partial charge in [-0.1, -0.05) is 19.1 Å².